The second-order valence-electron chi connectivity index (χ2n) is 7.37. The normalized spacial score (nSPS) is 23.0. The summed E-state index contributed by atoms with van der Waals surface area (Å²) >= 11 is 0. The van der Waals surface area contributed by atoms with Crippen LogP contribution in [0.5, 0.6) is 0 Å². The second kappa shape index (κ2) is 5.72. The van der Waals surface area contributed by atoms with Gasteiger partial charge in [0.2, 0.25) is 5.91 Å². The van der Waals surface area contributed by atoms with Crippen LogP contribution < -0.4 is 4.90 Å². The lowest BCUT2D eigenvalue weighted by molar-refractivity contribution is -0.117. The molecular formula is C19H22N4O2. The fraction of sp³-hybridized carbons (Fsp3) is 0.421. The van der Waals surface area contributed by atoms with Gasteiger partial charge < -0.3 is 14.8 Å². The summed E-state index contributed by atoms with van der Waals surface area (Å²) < 4.78 is 0. The number of hydrogen-bond acceptors (Lipinski definition) is 3. The number of carbonyl (C=O) groups is 2. The monoisotopic (exact) mass is 338 g/mol. The summed E-state index contributed by atoms with van der Waals surface area (Å²) in [6.07, 6.45) is 4.43. The van der Waals surface area contributed by atoms with Crippen LogP contribution >= 0.6 is 0 Å². The number of aromatic nitrogens is 2. The number of imidazole rings is 1. The van der Waals surface area contributed by atoms with Gasteiger partial charge in [-0.15, -0.1) is 0 Å². The van der Waals surface area contributed by atoms with Crippen LogP contribution in [0.3, 0.4) is 0 Å². The Hall–Kier alpha value is -2.63. The average molecular weight is 338 g/mol. The minimum absolute atomic E-state index is 0.0357. The van der Waals surface area contributed by atoms with Crippen LogP contribution in [0, 0.1) is 19.3 Å². The van der Waals surface area contributed by atoms with E-state index >= 15 is 0 Å². The van der Waals surface area contributed by atoms with Gasteiger partial charge in [-0.3, -0.25) is 9.59 Å². The lowest BCUT2D eigenvalue weighted by Crippen LogP contribution is -2.34. The lowest BCUT2D eigenvalue weighted by atomic mass is 9.86. The van der Waals surface area contributed by atoms with Crippen LogP contribution in [0.2, 0.25) is 0 Å². The summed E-state index contributed by atoms with van der Waals surface area (Å²) in [5, 5.41) is 0. The van der Waals surface area contributed by atoms with Crippen LogP contribution in [0.1, 0.15) is 34.5 Å². The summed E-state index contributed by atoms with van der Waals surface area (Å²) in [5.41, 5.74) is 3.75. The third-order valence-electron chi connectivity index (χ3n) is 5.58. The quantitative estimate of drug-likeness (QED) is 0.913. The molecule has 2 aliphatic heterocycles. The van der Waals surface area contributed by atoms with E-state index in [1.54, 1.807) is 6.20 Å². The largest absolute Gasteiger partial charge is 0.341 e. The van der Waals surface area contributed by atoms with Gasteiger partial charge in [0.05, 0.1) is 12.5 Å². The highest BCUT2D eigenvalue weighted by Gasteiger charge is 2.49. The number of rotatable bonds is 2. The first-order chi connectivity index (χ1) is 12.0. The van der Waals surface area contributed by atoms with E-state index in [0.29, 0.717) is 31.7 Å². The number of benzene rings is 1. The fourth-order valence-corrected chi connectivity index (χ4v) is 3.95. The van der Waals surface area contributed by atoms with E-state index in [0.717, 1.165) is 12.1 Å². The minimum Gasteiger partial charge on any atom is -0.341 e. The molecule has 6 nitrogen and oxygen atoms in total. The number of aryl methyl sites for hydroxylation is 2. The Balaban J connectivity index is 1.52. The van der Waals surface area contributed by atoms with Crippen LogP contribution in [0.15, 0.2) is 30.7 Å². The van der Waals surface area contributed by atoms with Gasteiger partial charge in [-0.05, 0) is 43.5 Å². The highest BCUT2D eigenvalue weighted by atomic mass is 16.2. The number of hydrogen-bond donors (Lipinski definition) is 1. The Morgan fingerprint density at radius 2 is 2.08 bits per heavy atom. The van der Waals surface area contributed by atoms with Gasteiger partial charge >= 0.3 is 0 Å². The molecule has 1 aromatic carbocycles. The summed E-state index contributed by atoms with van der Waals surface area (Å²) in [6, 6.07) is 6.15. The molecule has 0 unspecified atom stereocenters. The molecule has 2 aliphatic rings. The van der Waals surface area contributed by atoms with Gasteiger partial charge in [0.1, 0.15) is 5.69 Å². The zero-order chi connectivity index (χ0) is 17.6. The smallest absolute Gasteiger partial charge is 0.271 e. The van der Waals surface area contributed by atoms with Gasteiger partial charge in [-0.25, -0.2) is 4.98 Å². The predicted molar refractivity (Wildman–Crippen MR) is 94.4 cm³/mol. The van der Waals surface area contributed by atoms with Crippen molar-refractivity contribution in [1.29, 1.82) is 0 Å². The first kappa shape index (κ1) is 15.9. The Morgan fingerprint density at radius 3 is 2.80 bits per heavy atom. The van der Waals surface area contributed by atoms with E-state index < -0.39 is 0 Å². The molecule has 6 heteroatoms. The van der Waals surface area contributed by atoms with Gasteiger partial charge in [0, 0.05) is 37.2 Å². The number of nitrogens with zero attached hydrogens (tertiary/aromatic N) is 3. The molecule has 1 aromatic heterocycles. The third-order valence-corrected chi connectivity index (χ3v) is 5.58. The maximum Gasteiger partial charge on any atom is 0.271 e. The molecule has 4 rings (SSSR count). The first-order valence-corrected chi connectivity index (χ1v) is 8.63. The summed E-state index contributed by atoms with van der Waals surface area (Å²) in [4.78, 5) is 35.7. The maximum absolute atomic E-state index is 12.6. The number of likely N-dealkylation sites (tertiary alicyclic amines) is 1. The number of nitrogens with one attached hydrogen (secondary N) is 1. The molecule has 2 amide bonds. The van der Waals surface area contributed by atoms with E-state index in [9.17, 15) is 9.59 Å². The van der Waals surface area contributed by atoms with Crippen LogP contribution in [0.4, 0.5) is 5.69 Å². The summed E-state index contributed by atoms with van der Waals surface area (Å²) in [5.74, 6) is 0.116. The van der Waals surface area contributed by atoms with Crippen molar-refractivity contribution in [2.75, 3.05) is 24.5 Å². The van der Waals surface area contributed by atoms with Crippen LogP contribution in [-0.4, -0.2) is 46.3 Å². The van der Waals surface area contributed by atoms with Crippen LogP contribution in [-0.2, 0) is 4.79 Å². The van der Waals surface area contributed by atoms with E-state index in [1.165, 1.54) is 17.5 Å². The first-order valence-electron chi connectivity index (χ1n) is 8.63. The number of amides is 2. The maximum atomic E-state index is 12.6. The molecule has 3 heterocycles. The Kier molecular flexibility index (Phi) is 3.63. The molecule has 0 bridgehead atoms. The SMILES string of the molecule is Cc1ccc(N2C[C@]3(CCN(C(=O)c4cnc[nH]4)C3)CC2=O)cc1C. The molecule has 0 radical (unpaired) electrons. The molecule has 1 N–H and O–H groups in total. The number of aromatic amines is 1. The molecule has 130 valence electrons. The third kappa shape index (κ3) is 2.71. The predicted octanol–water partition coefficient (Wildman–Crippen LogP) is 2.30. The molecule has 1 atom stereocenters. The van der Waals surface area contributed by atoms with Crippen LogP contribution in [0.25, 0.3) is 0 Å². The summed E-state index contributed by atoms with van der Waals surface area (Å²) in [7, 11) is 0. The second-order valence-corrected chi connectivity index (χ2v) is 7.37. The zero-order valence-electron chi connectivity index (χ0n) is 14.6. The summed E-state index contributed by atoms with van der Waals surface area (Å²) in [6.45, 7) is 6.13. The van der Waals surface area contributed by atoms with Gasteiger partial charge in [-0.2, -0.15) is 0 Å². The van der Waals surface area contributed by atoms with Crippen molar-refractivity contribution in [3.63, 3.8) is 0 Å². The molecule has 2 saturated heterocycles. The molecule has 2 fully saturated rings. The Bertz CT molecular complexity index is 830. The molecular weight excluding hydrogens is 316 g/mol. The Morgan fingerprint density at radius 1 is 1.24 bits per heavy atom. The van der Waals surface area contributed by atoms with Crippen molar-refractivity contribution in [2.24, 2.45) is 5.41 Å². The lowest BCUT2D eigenvalue weighted by Gasteiger charge is -2.24. The van der Waals surface area contributed by atoms with E-state index in [2.05, 4.69) is 35.9 Å². The van der Waals surface area contributed by atoms with Crippen molar-refractivity contribution in [3.05, 3.63) is 47.5 Å². The fourth-order valence-electron chi connectivity index (χ4n) is 3.95. The number of carbonyl (C=O) groups excluding carboxylic acids is 2. The van der Waals surface area contributed by atoms with Gasteiger partial charge in [0.25, 0.3) is 5.91 Å². The van der Waals surface area contributed by atoms with Crippen molar-refractivity contribution >= 4 is 17.5 Å². The van der Waals surface area contributed by atoms with E-state index in [1.807, 2.05) is 15.9 Å². The molecule has 1 spiro atoms. The zero-order valence-corrected chi connectivity index (χ0v) is 14.6. The van der Waals surface area contributed by atoms with E-state index in [4.69, 9.17) is 0 Å². The van der Waals surface area contributed by atoms with Crippen molar-refractivity contribution < 1.29 is 9.59 Å². The van der Waals surface area contributed by atoms with Gasteiger partial charge in [0.15, 0.2) is 0 Å². The molecule has 2 aromatic rings. The molecule has 0 aliphatic carbocycles. The highest BCUT2D eigenvalue weighted by molar-refractivity contribution is 5.97. The van der Waals surface area contributed by atoms with E-state index in [-0.39, 0.29) is 17.2 Å². The topological polar surface area (TPSA) is 69.3 Å². The number of anilines is 1. The molecule has 0 saturated carbocycles. The average Bonchev–Trinajstić information content (AvgIpc) is 3.31. The number of H-pyrrole nitrogens is 1. The van der Waals surface area contributed by atoms with Crippen molar-refractivity contribution in [1.82, 2.24) is 14.9 Å². The minimum atomic E-state index is -0.133. The Labute approximate surface area is 146 Å². The highest BCUT2D eigenvalue weighted by Crippen LogP contribution is 2.42. The van der Waals surface area contributed by atoms with Crippen molar-refractivity contribution in [3.8, 4) is 0 Å². The standard InChI is InChI=1S/C19H22N4O2/c1-13-3-4-15(7-14(13)2)23-11-19(8-17(23)24)5-6-22(10-19)18(25)16-9-20-12-21-16/h3-4,7,9,12H,5-6,8,10-11H2,1-2H3,(H,20,21)/t19-/m1/s1. The van der Waals surface area contributed by atoms with Gasteiger partial charge in [-0.1, -0.05) is 6.07 Å². The van der Waals surface area contributed by atoms with Crippen molar-refractivity contribution in [2.45, 2.75) is 26.7 Å². The molecule has 25 heavy (non-hydrogen) atoms.